The number of unbranched alkanes of at least 4 members (excludes halogenated alkanes) is 4. The van der Waals surface area contributed by atoms with E-state index in [4.69, 9.17) is 11.5 Å². The molecule has 0 aromatic rings. The van der Waals surface area contributed by atoms with Crippen LogP contribution in [0.15, 0.2) is 0 Å². The summed E-state index contributed by atoms with van der Waals surface area (Å²) in [4.78, 5) is 34.9. The highest BCUT2D eigenvalue weighted by Gasteiger charge is 2.23. The maximum absolute atomic E-state index is 12.0. The molecule has 0 bridgehead atoms. The minimum absolute atomic E-state index is 0. The summed E-state index contributed by atoms with van der Waals surface area (Å²) in [5.41, 5.74) is 10.6. The van der Waals surface area contributed by atoms with Crippen LogP contribution in [0.3, 0.4) is 0 Å². The second kappa shape index (κ2) is 14.3. The fourth-order valence-electron chi connectivity index (χ4n) is 1.97. The third kappa shape index (κ3) is 12.9. The van der Waals surface area contributed by atoms with Crippen molar-refractivity contribution in [2.45, 2.75) is 70.9 Å². The highest BCUT2D eigenvalue weighted by molar-refractivity contribution is 5.91. The lowest BCUT2D eigenvalue weighted by Gasteiger charge is -2.19. The van der Waals surface area contributed by atoms with E-state index in [-0.39, 0.29) is 37.3 Å². The minimum atomic E-state index is -0.936. The molecule has 0 aliphatic carbocycles. The Morgan fingerprint density at radius 1 is 1.04 bits per heavy atom. The normalized spacial score (nSPS) is 12.7. The van der Waals surface area contributed by atoms with Crippen molar-refractivity contribution in [3.63, 3.8) is 0 Å². The first-order valence-electron chi connectivity index (χ1n) is 7.98. The Kier molecular flexibility index (Phi) is 14.8. The van der Waals surface area contributed by atoms with Gasteiger partial charge in [0.2, 0.25) is 17.7 Å². The Labute approximate surface area is 144 Å². The van der Waals surface area contributed by atoms with Crippen LogP contribution in [0.1, 0.15) is 58.8 Å². The average Bonchev–Trinajstić information content (AvgIpc) is 2.45. The number of nitrogens with one attached hydrogen (secondary N) is 2. The zero-order valence-corrected chi connectivity index (χ0v) is 14.9. The smallest absolute Gasteiger partial charge is 0.243 e. The SMILES string of the molecule is CCCCCCCC(=O)NC(CC(N)=O)C(=O)N[C@@H](C)CN.Cl. The largest absolute Gasteiger partial charge is 0.370 e. The van der Waals surface area contributed by atoms with Gasteiger partial charge in [-0.3, -0.25) is 14.4 Å². The topological polar surface area (TPSA) is 127 Å². The molecular weight excluding hydrogens is 320 g/mol. The van der Waals surface area contributed by atoms with Gasteiger partial charge in [-0.2, -0.15) is 0 Å². The summed E-state index contributed by atoms with van der Waals surface area (Å²) >= 11 is 0. The Hall–Kier alpha value is -1.34. The van der Waals surface area contributed by atoms with Gasteiger partial charge in [0.1, 0.15) is 6.04 Å². The molecule has 1 unspecified atom stereocenters. The van der Waals surface area contributed by atoms with Gasteiger partial charge in [0.25, 0.3) is 0 Å². The molecule has 136 valence electrons. The first kappa shape index (κ1) is 23.9. The van der Waals surface area contributed by atoms with E-state index in [1.165, 1.54) is 0 Å². The number of halogens is 1. The fourth-order valence-corrected chi connectivity index (χ4v) is 1.97. The number of hydrogen-bond donors (Lipinski definition) is 4. The monoisotopic (exact) mass is 350 g/mol. The minimum Gasteiger partial charge on any atom is -0.370 e. The third-order valence-electron chi connectivity index (χ3n) is 3.31. The van der Waals surface area contributed by atoms with Crippen molar-refractivity contribution in [3.05, 3.63) is 0 Å². The van der Waals surface area contributed by atoms with Gasteiger partial charge in [0.15, 0.2) is 0 Å². The maximum atomic E-state index is 12.0. The summed E-state index contributed by atoms with van der Waals surface area (Å²) in [5, 5.41) is 5.21. The molecule has 0 saturated carbocycles. The molecule has 0 rings (SSSR count). The summed E-state index contributed by atoms with van der Waals surface area (Å²) in [5.74, 6) is -1.31. The molecule has 0 fully saturated rings. The predicted molar refractivity (Wildman–Crippen MR) is 93.0 cm³/mol. The van der Waals surface area contributed by atoms with Crippen LogP contribution in [0.25, 0.3) is 0 Å². The number of amides is 3. The molecule has 0 aromatic heterocycles. The first-order valence-corrected chi connectivity index (χ1v) is 7.98. The van der Waals surface area contributed by atoms with Crippen molar-refractivity contribution < 1.29 is 14.4 Å². The third-order valence-corrected chi connectivity index (χ3v) is 3.31. The number of rotatable bonds is 12. The fraction of sp³-hybridized carbons (Fsp3) is 0.800. The summed E-state index contributed by atoms with van der Waals surface area (Å²) in [6.45, 7) is 4.15. The zero-order chi connectivity index (χ0) is 17.0. The van der Waals surface area contributed by atoms with Gasteiger partial charge in [0.05, 0.1) is 6.42 Å². The molecule has 0 aliphatic heterocycles. The van der Waals surface area contributed by atoms with Gasteiger partial charge in [-0.15, -0.1) is 12.4 Å². The van der Waals surface area contributed by atoms with E-state index in [9.17, 15) is 14.4 Å². The van der Waals surface area contributed by atoms with Crippen LogP contribution in [0.5, 0.6) is 0 Å². The molecule has 6 N–H and O–H groups in total. The lowest BCUT2D eigenvalue weighted by Crippen LogP contribution is -2.51. The van der Waals surface area contributed by atoms with Gasteiger partial charge in [-0.1, -0.05) is 32.6 Å². The van der Waals surface area contributed by atoms with Crippen LogP contribution in [0.4, 0.5) is 0 Å². The second-order valence-electron chi connectivity index (χ2n) is 5.60. The molecule has 8 heteroatoms. The highest BCUT2D eigenvalue weighted by Crippen LogP contribution is 2.05. The van der Waals surface area contributed by atoms with Gasteiger partial charge in [-0.25, -0.2) is 0 Å². The van der Waals surface area contributed by atoms with Gasteiger partial charge < -0.3 is 22.1 Å². The van der Waals surface area contributed by atoms with Crippen molar-refractivity contribution in [1.29, 1.82) is 0 Å². The van der Waals surface area contributed by atoms with Crippen molar-refractivity contribution in [3.8, 4) is 0 Å². The van der Waals surface area contributed by atoms with E-state index >= 15 is 0 Å². The molecule has 2 atom stereocenters. The van der Waals surface area contributed by atoms with E-state index < -0.39 is 17.9 Å². The standard InChI is InChI=1S/C15H30N4O3.ClH/c1-3-4-5-6-7-8-14(21)19-12(9-13(17)20)15(22)18-11(2)10-16;/h11-12H,3-10,16H2,1-2H3,(H2,17,20)(H,18,22)(H,19,21);1H/t11-,12?;/m0./s1. The number of carbonyl (C=O) groups excluding carboxylic acids is 3. The highest BCUT2D eigenvalue weighted by atomic mass is 35.5. The summed E-state index contributed by atoms with van der Waals surface area (Å²) in [7, 11) is 0. The Morgan fingerprint density at radius 2 is 1.65 bits per heavy atom. The molecule has 23 heavy (non-hydrogen) atoms. The number of hydrogen-bond acceptors (Lipinski definition) is 4. The Bertz CT molecular complexity index is 367. The van der Waals surface area contributed by atoms with Crippen molar-refractivity contribution in [1.82, 2.24) is 10.6 Å². The van der Waals surface area contributed by atoms with Gasteiger partial charge >= 0.3 is 0 Å². The van der Waals surface area contributed by atoms with Gasteiger partial charge in [0, 0.05) is 19.0 Å². The van der Waals surface area contributed by atoms with Crippen LogP contribution in [-0.4, -0.2) is 36.3 Å². The second-order valence-corrected chi connectivity index (χ2v) is 5.60. The molecule has 0 radical (unpaired) electrons. The van der Waals surface area contributed by atoms with E-state index in [0.29, 0.717) is 6.42 Å². The van der Waals surface area contributed by atoms with Gasteiger partial charge in [-0.05, 0) is 13.3 Å². The van der Waals surface area contributed by atoms with Crippen LogP contribution in [-0.2, 0) is 14.4 Å². The van der Waals surface area contributed by atoms with Crippen molar-refractivity contribution in [2.75, 3.05) is 6.54 Å². The van der Waals surface area contributed by atoms with E-state index in [1.54, 1.807) is 6.92 Å². The molecule has 0 heterocycles. The molecule has 0 aliphatic rings. The maximum Gasteiger partial charge on any atom is 0.243 e. The van der Waals surface area contributed by atoms with E-state index in [2.05, 4.69) is 17.6 Å². The number of carbonyl (C=O) groups is 3. The lowest BCUT2D eigenvalue weighted by atomic mass is 10.1. The van der Waals surface area contributed by atoms with Crippen molar-refractivity contribution in [2.24, 2.45) is 11.5 Å². The number of primary amides is 1. The molecule has 0 spiro atoms. The van der Waals surface area contributed by atoms with Crippen LogP contribution in [0, 0.1) is 0 Å². The summed E-state index contributed by atoms with van der Waals surface area (Å²) in [6, 6.07) is -1.16. The lowest BCUT2D eigenvalue weighted by molar-refractivity contribution is -0.131. The van der Waals surface area contributed by atoms with Crippen LogP contribution >= 0.6 is 12.4 Å². The van der Waals surface area contributed by atoms with Crippen LogP contribution < -0.4 is 22.1 Å². The Balaban J connectivity index is 0. The molecule has 0 aromatic carbocycles. The molecule has 7 nitrogen and oxygen atoms in total. The first-order chi connectivity index (χ1) is 10.4. The van der Waals surface area contributed by atoms with Crippen molar-refractivity contribution >= 4 is 30.1 Å². The average molecular weight is 351 g/mol. The molecular formula is C15H31ClN4O3. The van der Waals surface area contributed by atoms with E-state index in [0.717, 1.165) is 32.1 Å². The Morgan fingerprint density at radius 3 is 2.17 bits per heavy atom. The summed E-state index contributed by atoms with van der Waals surface area (Å²) in [6.07, 6.45) is 5.29. The summed E-state index contributed by atoms with van der Waals surface area (Å²) < 4.78 is 0. The van der Waals surface area contributed by atoms with E-state index in [1.807, 2.05) is 0 Å². The molecule has 3 amide bonds. The number of nitrogens with two attached hydrogens (primary N) is 2. The molecule has 0 saturated heterocycles. The van der Waals surface area contributed by atoms with Crippen LogP contribution in [0.2, 0.25) is 0 Å². The zero-order valence-electron chi connectivity index (χ0n) is 14.1. The predicted octanol–water partition coefficient (Wildman–Crippen LogP) is 0.592. The quantitative estimate of drug-likeness (QED) is 0.384.